The molecule has 11 heteroatoms. The van der Waals surface area contributed by atoms with Gasteiger partial charge in [-0.05, 0) is 26.7 Å². The maximum Gasteiger partial charge on any atom is 0.262 e. The predicted octanol–water partition coefficient (Wildman–Crippen LogP) is 0.220. The summed E-state index contributed by atoms with van der Waals surface area (Å²) in [5.74, 6) is 0.586. The van der Waals surface area contributed by atoms with E-state index < -0.39 is 21.7 Å². The fraction of sp³-hybridized carbons (Fsp3) is 0.611. The molecule has 0 aliphatic carbocycles. The van der Waals surface area contributed by atoms with Crippen LogP contribution in [0.5, 0.6) is 0 Å². The number of piperidine rings is 1. The third-order valence-corrected chi connectivity index (χ3v) is 7.18. The van der Waals surface area contributed by atoms with Gasteiger partial charge in [0.15, 0.2) is 11.1 Å². The minimum atomic E-state index is -3.67. The van der Waals surface area contributed by atoms with Crippen LogP contribution in [0.15, 0.2) is 29.9 Å². The number of ether oxygens (including phenoxy) is 1. The summed E-state index contributed by atoms with van der Waals surface area (Å²) in [5.41, 5.74) is -0.781. The molecule has 0 aromatic carbocycles. The average molecular weight is 423 g/mol. The van der Waals surface area contributed by atoms with E-state index in [1.165, 1.54) is 16.8 Å². The Kier molecular flexibility index (Phi) is 4.99. The highest BCUT2D eigenvalue weighted by atomic mass is 32.2. The largest absolute Gasteiger partial charge is 0.352 e. The maximum atomic E-state index is 12.9. The van der Waals surface area contributed by atoms with Crippen LogP contribution in [0.4, 0.5) is 0 Å². The summed E-state index contributed by atoms with van der Waals surface area (Å²) >= 11 is 0. The molecule has 2 aliphatic heterocycles. The quantitative estimate of drug-likeness (QED) is 0.755. The Morgan fingerprint density at radius 1 is 1.31 bits per heavy atom. The number of imidazole rings is 2. The van der Waals surface area contributed by atoms with E-state index in [0.717, 1.165) is 5.82 Å². The zero-order chi connectivity index (χ0) is 20.8. The smallest absolute Gasteiger partial charge is 0.262 e. The van der Waals surface area contributed by atoms with Crippen molar-refractivity contribution in [2.24, 2.45) is 7.05 Å². The van der Waals surface area contributed by atoms with Gasteiger partial charge in [0.2, 0.25) is 0 Å². The molecular formula is C18H26N6O4S. The monoisotopic (exact) mass is 422 g/mol. The summed E-state index contributed by atoms with van der Waals surface area (Å²) in [6.45, 7) is 4.74. The second kappa shape index (κ2) is 7.22. The first kappa shape index (κ1) is 20.0. The predicted molar refractivity (Wildman–Crippen MR) is 103 cm³/mol. The Hall–Kier alpha value is -2.24. The third kappa shape index (κ3) is 3.58. The Labute approximate surface area is 169 Å². The highest BCUT2D eigenvalue weighted by Gasteiger charge is 2.48. The molecule has 1 atom stereocenters. The molecule has 0 unspecified atom stereocenters. The van der Waals surface area contributed by atoms with Gasteiger partial charge in [-0.15, -0.1) is 0 Å². The van der Waals surface area contributed by atoms with Crippen LogP contribution in [0.1, 0.15) is 32.5 Å². The van der Waals surface area contributed by atoms with Gasteiger partial charge in [0, 0.05) is 44.8 Å². The fourth-order valence-electron chi connectivity index (χ4n) is 3.99. The summed E-state index contributed by atoms with van der Waals surface area (Å²) in [4.78, 5) is 21.0. The summed E-state index contributed by atoms with van der Waals surface area (Å²) in [6, 6.07) is 0.0107. The maximum absolute atomic E-state index is 12.9. The number of aromatic nitrogens is 4. The number of nitrogens with one attached hydrogen (secondary N) is 1. The lowest BCUT2D eigenvalue weighted by molar-refractivity contribution is -0.171. The Bertz CT molecular complexity index is 1000. The van der Waals surface area contributed by atoms with Gasteiger partial charge < -0.3 is 19.2 Å². The zero-order valence-electron chi connectivity index (χ0n) is 16.8. The minimum absolute atomic E-state index is 0.0107. The summed E-state index contributed by atoms with van der Waals surface area (Å²) in [7, 11) is -1.94. The Morgan fingerprint density at radius 2 is 2.03 bits per heavy atom. The fourth-order valence-corrected chi connectivity index (χ4v) is 5.40. The summed E-state index contributed by atoms with van der Waals surface area (Å²) < 4.78 is 37.0. The van der Waals surface area contributed by atoms with E-state index >= 15 is 0 Å². The third-order valence-electron chi connectivity index (χ3n) is 5.39. The number of rotatable bonds is 4. The first-order valence-electron chi connectivity index (χ1n) is 9.69. The number of carbonyl (C=O) groups excluding carboxylic acids is 1. The van der Waals surface area contributed by atoms with Crippen LogP contribution in [0, 0.1) is 0 Å². The molecule has 158 valence electrons. The minimum Gasteiger partial charge on any atom is -0.352 e. The van der Waals surface area contributed by atoms with Crippen LogP contribution in [0.2, 0.25) is 0 Å². The highest BCUT2D eigenvalue weighted by Crippen LogP contribution is 2.41. The van der Waals surface area contributed by atoms with Gasteiger partial charge in [-0.3, -0.25) is 4.79 Å². The SMILES string of the molecule is CC(C)NC(=O)[C@@H]1Cn2ccnc2C2(CCN(S(=O)(=O)c3cn(C)cn3)CC2)O1. The summed E-state index contributed by atoms with van der Waals surface area (Å²) in [6.07, 6.45) is 6.70. The molecule has 1 amide bonds. The van der Waals surface area contributed by atoms with Crippen LogP contribution in [0.25, 0.3) is 0 Å². The highest BCUT2D eigenvalue weighted by molar-refractivity contribution is 7.89. The molecule has 1 spiro atoms. The van der Waals surface area contributed by atoms with Crippen molar-refractivity contribution in [3.8, 4) is 0 Å². The van der Waals surface area contributed by atoms with Crippen molar-refractivity contribution >= 4 is 15.9 Å². The van der Waals surface area contributed by atoms with Crippen LogP contribution in [0.3, 0.4) is 0 Å². The molecule has 2 aromatic rings. The zero-order valence-corrected chi connectivity index (χ0v) is 17.6. The molecule has 0 radical (unpaired) electrons. The van der Waals surface area contributed by atoms with Crippen molar-refractivity contribution in [1.82, 2.24) is 28.7 Å². The number of amides is 1. The second-order valence-corrected chi connectivity index (χ2v) is 9.83. The molecule has 1 fully saturated rings. The van der Waals surface area contributed by atoms with E-state index in [4.69, 9.17) is 4.74 Å². The molecule has 29 heavy (non-hydrogen) atoms. The van der Waals surface area contributed by atoms with E-state index in [1.807, 2.05) is 24.6 Å². The molecule has 10 nitrogen and oxygen atoms in total. The molecule has 1 saturated heterocycles. The molecule has 2 aliphatic rings. The van der Waals surface area contributed by atoms with Crippen molar-refractivity contribution in [3.63, 3.8) is 0 Å². The number of hydrogen-bond acceptors (Lipinski definition) is 6. The van der Waals surface area contributed by atoms with Gasteiger partial charge >= 0.3 is 0 Å². The van der Waals surface area contributed by atoms with Crippen LogP contribution < -0.4 is 5.32 Å². The van der Waals surface area contributed by atoms with E-state index in [9.17, 15) is 13.2 Å². The molecule has 1 N–H and O–H groups in total. The normalized spacial score (nSPS) is 22.0. The van der Waals surface area contributed by atoms with Crippen molar-refractivity contribution in [3.05, 3.63) is 30.7 Å². The van der Waals surface area contributed by atoms with Gasteiger partial charge in [0.05, 0.1) is 12.9 Å². The number of aryl methyl sites for hydroxylation is 1. The lowest BCUT2D eigenvalue weighted by atomic mass is 9.89. The van der Waals surface area contributed by atoms with Crippen molar-refractivity contribution in [2.45, 2.75) is 56.0 Å². The molecule has 2 aromatic heterocycles. The van der Waals surface area contributed by atoms with Gasteiger partial charge in [-0.2, -0.15) is 4.31 Å². The topological polar surface area (TPSA) is 111 Å². The number of hydrogen-bond donors (Lipinski definition) is 1. The average Bonchev–Trinajstić information content (AvgIpc) is 3.31. The second-order valence-electron chi connectivity index (χ2n) is 7.95. The first-order valence-corrected chi connectivity index (χ1v) is 11.1. The van der Waals surface area contributed by atoms with Crippen molar-refractivity contribution in [2.75, 3.05) is 13.1 Å². The molecule has 0 bridgehead atoms. The van der Waals surface area contributed by atoms with Crippen molar-refractivity contribution < 1.29 is 17.9 Å². The standard InChI is InChI=1S/C18H26N6O4S/c1-13(2)21-16(25)14-10-23-9-6-19-17(23)18(28-14)4-7-24(8-5-18)29(26,27)15-11-22(3)12-20-15/h6,9,11-14H,4-5,7-8,10H2,1-3H3,(H,21,25)/t14-/m0/s1. The number of carbonyl (C=O) groups is 1. The van der Waals surface area contributed by atoms with E-state index in [-0.39, 0.29) is 30.1 Å². The number of nitrogens with zero attached hydrogens (tertiary/aromatic N) is 5. The molecule has 4 rings (SSSR count). The lowest BCUT2D eigenvalue weighted by Gasteiger charge is -2.45. The molecular weight excluding hydrogens is 396 g/mol. The van der Waals surface area contributed by atoms with Crippen LogP contribution in [-0.4, -0.2) is 63.0 Å². The van der Waals surface area contributed by atoms with Crippen molar-refractivity contribution in [1.29, 1.82) is 0 Å². The first-order chi connectivity index (χ1) is 13.7. The lowest BCUT2D eigenvalue weighted by Crippen LogP contribution is -2.55. The van der Waals surface area contributed by atoms with E-state index in [2.05, 4.69) is 15.3 Å². The van der Waals surface area contributed by atoms with Gasteiger partial charge in [-0.1, -0.05) is 0 Å². The Morgan fingerprint density at radius 3 is 2.66 bits per heavy atom. The van der Waals surface area contributed by atoms with Crippen LogP contribution in [-0.2, 0) is 38.7 Å². The van der Waals surface area contributed by atoms with Gasteiger partial charge in [0.1, 0.15) is 11.4 Å². The molecule has 0 saturated carbocycles. The molecule has 4 heterocycles. The van der Waals surface area contributed by atoms with Crippen LogP contribution >= 0.6 is 0 Å². The number of fused-ring (bicyclic) bond motifs is 2. The van der Waals surface area contributed by atoms with E-state index in [1.54, 1.807) is 17.8 Å². The summed E-state index contributed by atoms with van der Waals surface area (Å²) in [5, 5.41) is 2.94. The number of sulfonamides is 1. The Balaban J connectivity index is 1.55. The van der Waals surface area contributed by atoms with Gasteiger partial charge in [0.25, 0.3) is 15.9 Å². The van der Waals surface area contributed by atoms with Gasteiger partial charge in [-0.25, -0.2) is 18.4 Å². The van der Waals surface area contributed by atoms with E-state index in [0.29, 0.717) is 19.4 Å².